The fourth-order valence-electron chi connectivity index (χ4n) is 3.24. The number of ether oxygens (including phenoxy) is 5. The quantitative estimate of drug-likeness (QED) is 0.743. The zero-order chi connectivity index (χ0) is 19.7. The maximum absolute atomic E-state index is 5.48. The Balaban J connectivity index is 1.73. The second-order valence-corrected chi connectivity index (χ2v) is 6.59. The Labute approximate surface area is 168 Å². The lowest BCUT2D eigenvalue weighted by atomic mass is 10.0. The average Bonchev–Trinajstić information content (AvgIpc) is 3.20. The number of hydrogen-bond donors (Lipinski definition) is 2. The molecule has 0 bridgehead atoms. The van der Waals surface area contributed by atoms with Gasteiger partial charge >= 0.3 is 0 Å². The summed E-state index contributed by atoms with van der Waals surface area (Å²) in [6.07, 6.45) is 2.05. The van der Waals surface area contributed by atoms with Crippen molar-refractivity contribution in [1.29, 1.82) is 0 Å². The number of methoxy groups -OCH3 is 3. The molecule has 2 heterocycles. The number of rotatable bonds is 5. The van der Waals surface area contributed by atoms with Crippen molar-refractivity contribution in [3.05, 3.63) is 47.5 Å². The largest absolute Gasteiger partial charge is 0.493 e. The van der Waals surface area contributed by atoms with E-state index in [0.29, 0.717) is 28.1 Å². The summed E-state index contributed by atoms with van der Waals surface area (Å²) in [6.45, 7) is 0.235. The van der Waals surface area contributed by atoms with E-state index in [-0.39, 0.29) is 12.8 Å². The van der Waals surface area contributed by atoms with Crippen LogP contribution in [0.4, 0.5) is 0 Å². The summed E-state index contributed by atoms with van der Waals surface area (Å²) in [7, 11) is 4.76. The molecule has 2 aliphatic heterocycles. The van der Waals surface area contributed by atoms with Crippen LogP contribution >= 0.6 is 12.2 Å². The van der Waals surface area contributed by atoms with Gasteiger partial charge in [-0.25, -0.2) is 0 Å². The molecule has 0 aliphatic carbocycles. The molecule has 0 amide bonds. The first-order chi connectivity index (χ1) is 13.6. The van der Waals surface area contributed by atoms with E-state index in [2.05, 4.69) is 10.6 Å². The number of nitrogens with one attached hydrogen (secondary N) is 2. The van der Waals surface area contributed by atoms with Crippen LogP contribution in [0.3, 0.4) is 0 Å². The van der Waals surface area contributed by atoms with Gasteiger partial charge in [-0.05, 0) is 54.2 Å². The Morgan fingerprint density at radius 1 is 0.964 bits per heavy atom. The Kier molecular flexibility index (Phi) is 4.87. The van der Waals surface area contributed by atoms with Crippen molar-refractivity contribution < 1.29 is 23.7 Å². The van der Waals surface area contributed by atoms with Crippen LogP contribution in [0.1, 0.15) is 17.2 Å². The second kappa shape index (κ2) is 7.47. The van der Waals surface area contributed by atoms with E-state index in [1.807, 2.05) is 36.4 Å². The van der Waals surface area contributed by atoms with Crippen LogP contribution in [-0.2, 0) is 0 Å². The van der Waals surface area contributed by atoms with E-state index in [4.69, 9.17) is 35.9 Å². The normalized spacial score (nSPS) is 17.3. The molecule has 0 saturated carbocycles. The third-order valence-corrected chi connectivity index (χ3v) is 4.82. The molecule has 0 saturated heterocycles. The third-order valence-electron chi connectivity index (χ3n) is 4.60. The molecule has 28 heavy (non-hydrogen) atoms. The first-order valence-corrected chi connectivity index (χ1v) is 9.03. The van der Waals surface area contributed by atoms with Gasteiger partial charge < -0.3 is 34.3 Å². The second-order valence-electron chi connectivity index (χ2n) is 6.18. The van der Waals surface area contributed by atoms with Crippen molar-refractivity contribution in [2.75, 3.05) is 28.1 Å². The maximum Gasteiger partial charge on any atom is 0.231 e. The summed E-state index contributed by atoms with van der Waals surface area (Å²) in [5, 5.41) is 6.98. The van der Waals surface area contributed by atoms with Gasteiger partial charge in [0.25, 0.3) is 0 Å². The molecule has 0 radical (unpaired) electrons. The zero-order valence-corrected chi connectivity index (χ0v) is 16.5. The molecule has 8 heteroatoms. The predicted molar refractivity (Wildman–Crippen MR) is 108 cm³/mol. The Morgan fingerprint density at radius 3 is 2.36 bits per heavy atom. The standard InChI is InChI=1S/C20H20N2O5S/c1-23-17-7-12(8-18(24-2)19(17)25-3)14-9-13(21-20(28)22-14)11-4-5-15-16(6-11)27-10-26-15/h4-9,14H,10H2,1-3H3,(H2,21,22,28). The SMILES string of the molecule is COc1cc(C2C=C(c3ccc4c(c3)OCO4)NC(=S)N2)cc(OC)c1OC. The van der Waals surface area contributed by atoms with Crippen molar-refractivity contribution in [1.82, 2.24) is 10.6 Å². The van der Waals surface area contributed by atoms with Crippen LogP contribution in [0.15, 0.2) is 36.4 Å². The van der Waals surface area contributed by atoms with Crippen molar-refractivity contribution in [2.45, 2.75) is 6.04 Å². The van der Waals surface area contributed by atoms with Crippen LogP contribution in [0, 0.1) is 0 Å². The molecule has 4 rings (SSSR count). The van der Waals surface area contributed by atoms with Crippen molar-refractivity contribution in [3.8, 4) is 28.7 Å². The van der Waals surface area contributed by atoms with Gasteiger partial charge in [0.2, 0.25) is 12.5 Å². The molecule has 1 atom stereocenters. The fourth-order valence-corrected chi connectivity index (χ4v) is 3.48. The minimum absolute atomic E-state index is 0.178. The number of fused-ring (bicyclic) bond motifs is 1. The number of hydrogen-bond acceptors (Lipinski definition) is 6. The van der Waals surface area contributed by atoms with E-state index in [9.17, 15) is 0 Å². The van der Waals surface area contributed by atoms with Crippen molar-refractivity contribution in [2.24, 2.45) is 0 Å². The topological polar surface area (TPSA) is 70.2 Å². The van der Waals surface area contributed by atoms with Crippen LogP contribution < -0.4 is 34.3 Å². The minimum Gasteiger partial charge on any atom is -0.493 e. The molecule has 7 nitrogen and oxygen atoms in total. The Morgan fingerprint density at radius 2 is 1.68 bits per heavy atom. The summed E-state index contributed by atoms with van der Waals surface area (Å²) >= 11 is 5.42. The maximum atomic E-state index is 5.48. The highest BCUT2D eigenvalue weighted by Crippen LogP contribution is 2.41. The molecular weight excluding hydrogens is 380 g/mol. The highest BCUT2D eigenvalue weighted by atomic mass is 32.1. The molecule has 2 aliphatic rings. The van der Waals surface area contributed by atoms with Gasteiger partial charge in [0.1, 0.15) is 0 Å². The summed E-state index contributed by atoms with van der Waals surface area (Å²) in [5.74, 6) is 3.17. The molecule has 0 fully saturated rings. The smallest absolute Gasteiger partial charge is 0.231 e. The lowest BCUT2D eigenvalue weighted by Gasteiger charge is -2.27. The third kappa shape index (κ3) is 3.27. The Bertz CT molecular complexity index is 935. The number of benzene rings is 2. The molecule has 2 aromatic carbocycles. The lowest BCUT2D eigenvalue weighted by molar-refractivity contribution is 0.174. The van der Waals surface area contributed by atoms with Crippen molar-refractivity contribution in [3.63, 3.8) is 0 Å². The van der Waals surface area contributed by atoms with Gasteiger partial charge in [0, 0.05) is 11.3 Å². The van der Waals surface area contributed by atoms with Crippen molar-refractivity contribution >= 4 is 23.0 Å². The van der Waals surface area contributed by atoms with E-state index < -0.39 is 0 Å². The average molecular weight is 400 g/mol. The van der Waals surface area contributed by atoms with Gasteiger partial charge in [-0.3, -0.25) is 0 Å². The summed E-state index contributed by atoms with van der Waals surface area (Å²) in [6, 6.07) is 9.41. The molecule has 2 aromatic rings. The predicted octanol–water partition coefficient (Wildman–Crippen LogP) is 3.00. The molecular formula is C20H20N2O5S. The van der Waals surface area contributed by atoms with E-state index in [1.54, 1.807) is 21.3 Å². The van der Waals surface area contributed by atoms with Crippen LogP contribution in [0.5, 0.6) is 28.7 Å². The molecule has 2 N–H and O–H groups in total. The monoisotopic (exact) mass is 400 g/mol. The Hall–Kier alpha value is -3.13. The summed E-state index contributed by atoms with van der Waals surface area (Å²) in [4.78, 5) is 0. The lowest BCUT2D eigenvalue weighted by Crippen LogP contribution is -2.40. The van der Waals surface area contributed by atoms with Gasteiger partial charge in [-0.1, -0.05) is 0 Å². The molecule has 0 spiro atoms. The van der Waals surface area contributed by atoms with E-state index in [1.165, 1.54) is 0 Å². The van der Waals surface area contributed by atoms with Crippen LogP contribution in [0.25, 0.3) is 5.70 Å². The highest BCUT2D eigenvalue weighted by Gasteiger charge is 2.23. The van der Waals surface area contributed by atoms with E-state index >= 15 is 0 Å². The first kappa shape index (κ1) is 18.2. The summed E-state index contributed by atoms with van der Waals surface area (Å²) in [5.41, 5.74) is 2.75. The molecule has 1 unspecified atom stereocenters. The van der Waals surface area contributed by atoms with Gasteiger partial charge in [0.05, 0.1) is 27.4 Å². The van der Waals surface area contributed by atoms with E-state index in [0.717, 1.165) is 22.6 Å². The fraction of sp³-hybridized carbons (Fsp3) is 0.250. The number of thiocarbonyl (C=S) groups is 1. The van der Waals surface area contributed by atoms with Gasteiger partial charge in [-0.2, -0.15) is 0 Å². The molecule has 146 valence electrons. The first-order valence-electron chi connectivity index (χ1n) is 8.62. The highest BCUT2D eigenvalue weighted by molar-refractivity contribution is 7.80. The van der Waals surface area contributed by atoms with Crippen LogP contribution in [0.2, 0.25) is 0 Å². The molecule has 0 aromatic heterocycles. The van der Waals surface area contributed by atoms with Crippen LogP contribution in [-0.4, -0.2) is 33.2 Å². The van der Waals surface area contributed by atoms with Gasteiger partial charge in [-0.15, -0.1) is 0 Å². The van der Waals surface area contributed by atoms with Gasteiger partial charge in [0.15, 0.2) is 28.1 Å². The summed E-state index contributed by atoms with van der Waals surface area (Å²) < 4.78 is 27.2. The zero-order valence-electron chi connectivity index (χ0n) is 15.7. The minimum atomic E-state index is -0.178.